The molecule has 1 heterocycles. The van der Waals surface area contributed by atoms with Gasteiger partial charge in [0.1, 0.15) is 0 Å². The minimum absolute atomic E-state index is 0.232. The van der Waals surface area contributed by atoms with Crippen LogP contribution in [0, 0.1) is 0 Å². The first-order chi connectivity index (χ1) is 13.6. The highest BCUT2D eigenvalue weighted by Crippen LogP contribution is 2.37. The lowest BCUT2D eigenvalue weighted by Crippen LogP contribution is -2.39. The normalized spacial score (nSPS) is 19.4. The third kappa shape index (κ3) is 3.82. The third-order valence-corrected chi connectivity index (χ3v) is 7.67. The number of alkyl halides is 3. The van der Waals surface area contributed by atoms with Gasteiger partial charge in [0.05, 0.1) is 10.9 Å². The quantitative estimate of drug-likeness (QED) is 0.812. The van der Waals surface area contributed by atoms with E-state index in [1.165, 1.54) is 4.68 Å². The van der Waals surface area contributed by atoms with Crippen LogP contribution in [0.25, 0.3) is 5.69 Å². The van der Waals surface area contributed by atoms with Crippen LogP contribution < -0.4 is 4.72 Å². The van der Waals surface area contributed by atoms with Crippen molar-refractivity contribution in [1.29, 1.82) is 0 Å². The molecule has 29 heavy (non-hydrogen) atoms. The summed E-state index contributed by atoms with van der Waals surface area (Å²) in [5.41, 5.74) is 2.74. The number of nitrogens with zero attached hydrogens (tertiary/aromatic N) is 2. The molecule has 158 valence electrons. The Morgan fingerprint density at radius 1 is 1.14 bits per heavy atom. The average Bonchev–Trinajstić information content (AvgIpc) is 3.20. The van der Waals surface area contributed by atoms with Crippen molar-refractivity contribution in [3.05, 3.63) is 46.3 Å². The number of nitrogens with one attached hydrogen (secondary N) is 1. The molecule has 0 saturated heterocycles. The maximum atomic E-state index is 13.5. The van der Waals surface area contributed by atoms with Crippen LogP contribution in [0.5, 0.6) is 0 Å². The molecular weight excluding hydrogens is 403 g/mol. The lowest BCUT2D eigenvalue weighted by atomic mass is 9.95. The standard InChI is InChI=1S/C20H24F3N3O2S/c1-12(2)29(27,28)25-15-9-13-7-8-16(11-14(13)10-15)26-18-6-4-3-5-17(18)19(24-26)20(21,22)23/h7-8,11-12,15,25H,3-6,9-10H2,1-2H3/t15-/m1/s1. The van der Waals surface area contributed by atoms with E-state index >= 15 is 0 Å². The van der Waals surface area contributed by atoms with E-state index in [9.17, 15) is 21.6 Å². The summed E-state index contributed by atoms with van der Waals surface area (Å²) >= 11 is 0. The van der Waals surface area contributed by atoms with Crippen molar-refractivity contribution in [1.82, 2.24) is 14.5 Å². The van der Waals surface area contributed by atoms with Gasteiger partial charge in [-0.15, -0.1) is 0 Å². The van der Waals surface area contributed by atoms with E-state index in [2.05, 4.69) is 9.82 Å². The van der Waals surface area contributed by atoms with E-state index in [-0.39, 0.29) is 6.04 Å². The van der Waals surface area contributed by atoms with Gasteiger partial charge in [0.15, 0.2) is 5.69 Å². The molecule has 0 saturated carbocycles. The van der Waals surface area contributed by atoms with Gasteiger partial charge in [-0.2, -0.15) is 18.3 Å². The topological polar surface area (TPSA) is 64.0 Å². The van der Waals surface area contributed by atoms with Crippen molar-refractivity contribution >= 4 is 10.0 Å². The van der Waals surface area contributed by atoms with Gasteiger partial charge < -0.3 is 0 Å². The largest absolute Gasteiger partial charge is 0.435 e. The van der Waals surface area contributed by atoms with E-state index in [1.54, 1.807) is 19.9 Å². The second-order valence-electron chi connectivity index (χ2n) is 8.16. The van der Waals surface area contributed by atoms with E-state index < -0.39 is 27.1 Å². The first-order valence-electron chi connectivity index (χ1n) is 9.87. The summed E-state index contributed by atoms with van der Waals surface area (Å²) in [6.07, 6.45) is -0.814. The van der Waals surface area contributed by atoms with Crippen LogP contribution in [0.4, 0.5) is 13.2 Å². The van der Waals surface area contributed by atoms with E-state index in [0.717, 1.165) is 24.0 Å². The zero-order chi connectivity index (χ0) is 21.0. The van der Waals surface area contributed by atoms with Gasteiger partial charge in [-0.3, -0.25) is 0 Å². The molecule has 2 aliphatic carbocycles. The Balaban J connectivity index is 1.66. The molecular formula is C20H24F3N3O2S. The number of benzene rings is 1. The Kier molecular flexibility index (Phi) is 5.01. The molecule has 0 spiro atoms. The molecule has 1 aromatic heterocycles. The Bertz CT molecular complexity index is 1040. The summed E-state index contributed by atoms with van der Waals surface area (Å²) in [7, 11) is -3.38. The average molecular weight is 427 g/mol. The lowest BCUT2D eigenvalue weighted by molar-refractivity contribution is -0.142. The van der Waals surface area contributed by atoms with Crippen molar-refractivity contribution in [2.75, 3.05) is 0 Å². The monoisotopic (exact) mass is 427 g/mol. The number of rotatable bonds is 4. The smallest absolute Gasteiger partial charge is 0.237 e. The molecule has 1 aromatic carbocycles. The molecule has 1 atom stereocenters. The molecule has 0 unspecified atom stereocenters. The Labute approximate surface area is 168 Å². The number of halogens is 3. The predicted molar refractivity (Wildman–Crippen MR) is 104 cm³/mol. The van der Waals surface area contributed by atoms with Crippen molar-refractivity contribution in [2.45, 2.75) is 69.8 Å². The first-order valence-corrected chi connectivity index (χ1v) is 11.4. The van der Waals surface area contributed by atoms with Crippen molar-refractivity contribution in [3.8, 4) is 5.69 Å². The van der Waals surface area contributed by atoms with Crippen LogP contribution in [-0.2, 0) is 41.9 Å². The van der Waals surface area contributed by atoms with Crippen LogP contribution in [-0.4, -0.2) is 29.5 Å². The van der Waals surface area contributed by atoms with Gasteiger partial charge in [-0.1, -0.05) is 6.07 Å². The molecule has 0 amide bonds. The number of sulfonamides is 1. The van der Waals surface area contributed by atoms with Gasteiger partial charge in [0, 0.05) is 17.3 Å². The fraction of sp³-hybridized carbons (Fsp3) is 0.550. The zero-order valence-corrected chi connectivity index (χ0v) is 17.2. The van der Waals surface area contributed by atoms with Crippen LogP contribution in [0.1, 0.15) is 54.8 Å². The SMILES string of the molecule is CC(C)S(=O)(=O)N[C@@H]1Cc2ccc(-n3nc(C(F)(F)F)c4c3CCCC4)cc2C1. The Hall–Kier alpha value is -1.87. The minimum Gasteiger partial charge on any atom is -0.237 e. The first kappa shape index (κ1) is 20.4. The van der Waals surface area contributed by atoms with Gasteiger partial charge >= 0.3 is 6.18 Å². The number of hydrogen-bond donors (Lipinski definition) is 1. The highest BCUT2D eigenvalue weighted by atomic mass is 32.2. The van der Waals surface area contributed by atoms with Crippen molar-refractivity contribution < 1.29 is 21.6 Å². The minimum atomic E-state index is -4.47. The molecule has 4 rings (SSSR count). The fourth-order valence-electron chi connectivity index (χ4n) is 4.23. The second-order valence-corrected chi connectivity index (χ2v) is 10.4. The van der Waals surface area contributed by atoms with E-state index in [0.29, 0.717) is 42.6 Å². The number of aromatic nitrogens is 2. The summed E-state index contributed by atoms with van der Waals surface area (Å²) in [5, 5.41) is 3.43. The summed E-state index contributed by atoms with van der Waals surface area (Å²) in [4.78, 5) is 0. The zero-order valence-electron chi connectivity index (χ0n) is 16.4. The van der Waals surface area contributed by atoms with E-state index in [1.807, 2.05) is 12.1 Å². The maximum absolute atomic E-state index is 13.5. The van der Waals surface area contributed by atoms with Crippen molar-refractivity contribution in [3.63, 3.8) is 0 Å². The van der Waals surface area contributed by atoms with Crippen LogP contribution in [0.15, 0.2) is 18.2 Å². The third-order valence-electron chi connectivity index (χ3n) is 5.77. The van der Waals surface area contributed by atoms with Crippen LogP contribution in [0.2, 0.25) is 0 Å². The fourth-order valence-corrected chi connectivity index (χ4v) is 5.13. The molecule has 0 radical (unpaired) electrons. The predicted octanol–water partition coefficient (Wildman–Crippen LogP) is 3.56. The number of fused-ring (bicyclic) bond motifs is 2. The number of hydrogen-bond acceptors (Lipinski definition) is 3. The lowest BCUT2D eigenvalue weighted by Gasteiger charge is -2.15. The molecule has 1 N–H and O–H groups in total. The molecule has 5 nitrogen and oxygen atoms in total. The Morgan fingerprint density at radius 3 is 2.52 bits per heavy atom. The summed E-state index contributed by atoms with van der Waals surface area (Å²) in [6, 6.07) is 5.27. The van der Waals surface area contributed by atoms with Crippen molar-refractivity contribution in [2.24, 2.45) is 0 Å². The van der Waals surface area contributed by atoms with Gasteiger partial charge in [-0.25, -0.2) is 17.8 Å². The summed E-state index contributed by atoms with van der Waals surface area (Å²) in [5.74, 6) is 0. The van der Waals surface area contributed by atoms with Crippen LogP contribution >= 0.6 is 0 Å². The van der Waals surface area contributed by atoms with Crippen LogP contribution in [0.3, 0.4) is 0 Å². The van der Waals surface area contributed by atoms with Gasteiger partial charge in [-0.05, 0) is 75.6 Å². The molecule has 0 bridgehead atoms. The highest BCUT2D eigenvalue weighted by molar-refractivity contribution is 7.90. The second kappa shape index (κ2) is 7.12. The van der Waals surface area contributed by atoms with E-state index in [4.69, 9.17) is 0 Å². The maximum Gasteiger partial charge on any atom is 0.435 e. The van der Waals surface area contributed by atoms with Gasteiger partial charge in [0.2, 0.25) is 10.0 Å². The molecule has 0 fully saturated rings. The highest BCUT2D eigenvalue weighted by Gasteiger charge is 2.40. The summed E-state index contributed by atoms with van der Waals surface area (Å²) in [6.45, 7) is 3.25. The van der Waals surface area contributed by atoms with Gasteiger partial charge in [0.25, 0.3) is 0 Å². The molecule has 0 aliphatic heterocycles. The molecule has 9 heteroatoms. The molecule has 2 aliphatic rings. The Morgan fingerprint density at radius 2 is 1.83 bits per heavy atom. The molecule has 2 aromatic rings. The summed E-state index contributed by atoms with van der Waals surface area (Å²) < 4.78 is 68.8.